The first-order valence-corrected chi connectivity index (χ1v) is 6.87. The van der Waals surface area contributed by atoms with Gasteiger partial charge < -0.3 is 14.3 Å². The molecule has 0 aliphatic carbocycles. The molecular formula is C14H11BrN2O5. The van der Waals surface area contributed by atoms with Gasteiger partial charge in [-0.1, -0.05) is 0 Å². The number of carbonyl (C=O) groups excluding carboxylic acids is 1. The Hall–Kier alpha value is -2.61. The highest BCUT2D eigenvalue weighted by Crippen LogP contribution is 2.14. The molecule has 0 radical (unpaired) electrons. The molecule has 2 N–H and O–H groups in total. The highest BCUT2D eigenvalue weighted by Gasteiger charge is 2.08. The van der Waals surface area contributed by atoms with Crippen LogP contribution in [0.1, 0.15) is 16.1 Å². The molecule has 1 aromatic carbocycles. The fourth-order valence-corrected chi connectivity index (χ4v) is 1.76. The Morgan fingerprint density at radius 2 is 2.00 bits per heavy atom. The van der Waals surface area contributed by atoms with E-state index in [1.165, 1.54) is 12.3 Å². The van der Waals surface area contributed by atoms with Crippen molar-refractivity contribution in [1.29, 1.82) is 0 Å². The van der Waals surface area contributed by atoms with E-state index in [0.717, 1.165) is 0 Å². The number of carboxylic acids is 1. The molecule has 8 heteroatoms. The molecule has 0 bridgehead atoms. The number of carboxylic acid groups (broad SMARTS) is 1. The van der Waals surface area contributed by atoms with Crippen molar-refractivity contribution in [2.24, 2.45) is 5.10 Å². The molecule has 22 heavy (non-hydrogen) atoms. The van der Waals surface area contributed by atoms with E-state index in [9.17, 15) is 9.59 Å². The molecule has 2 aromatic rings. The quantitative estimate of drug-likeness (QED) is 0.603. The summed E-state index contributed by atoms with van der Waals surface area (Å²) in [7, 11) is 0. The Balaban J connectivity index is 1.87. The van der Waals surface area contributed by atoms with E-state index in [-0.39, 0.29) is 5.76 Å². The van der Waals surface area contributed by atoms with Gasteiger partial charge in [0.05, 0.1) is 6.21 Å². The van der Waals surface area contributed by atoms with Crippen LogP contribution in [0.25, 0.3) is 0 Å². The van der Waals surface area contributed by atoms with Crippen LogP contribution in [-0.2, 0) is 4.79 Å². The monoisotopic (exact) mass is 366 g/mol. The van der Waals surface area contributed by atoms with Gasteiger partial charge >= 0.3 is 11.9 Å². The first kappa shape index (κ1) is 15.8. The van der Waals surface area contributed by atoms with Crippen LogP contribution in [0.15, 0.2) is 50.6 Å². The lowest BCUT2D eigenvalue weighted by Crippen LogP contribution is -2.16. The maximum absolute atomic E-state index is 11.6. The summed E-state index contributed by atoms with van der Waals surface area (Å²) in [6, 6.07) is 9.69. The van der Waals surface area contributed by atoms with Crippen LogP contribution < -0.4 is 10.2 Å². The number of amides is 1. The predicted octanol–water partition coefficient (Wildman–Crippen LogP) is 2.27. The van der Waals surface area contributed by atoms with Gasteiger partial charge in [0.2, 0.25) is 0 Å². The van der Waals surface area contributed by atoms with E-state index in [1.54, 1.807) is 30.3 Å². The van der Waals surface area contributed by atoms with Crippen molar-refractivity contribution in [2.75, 3.05) is 6.61 Å². The number of carbonyl (C=O) groups is 2. The number of rotatable bonds is 6. The second-order valence-electron chi connectivity index (χ2n) is 4.05. The summed E-state index contributed by atoms with van der Waals surface area (Å²) in [5, 5.41) is 12.3. The SMILES string of the molecule is O=C(O)COc1ccc(/C=N\NC(=O)c2ccc(Br)o2)cc1. The van der Waals surface area contributed by atoms with Crippen LogP contribution in [0.5, 0.6) is 5.75 Å². The molecular weight excluding hydrogens is 356 g/mol. The normalized spacial score (nSPS) is 10.6. The smallest absolute Gasteiger partial charge is 0.341 e. The first-order chi connectivity index (χ1) is 10.5. The number of furan rings is 1. The standard InChI is InChI=1S/C14H11BrN2O5/c15-12-6-5-11(22-12)14(20)17-16-7-9-1-3-10(4-2-9)21-8-13(18)19/h1-7H,8H2,(H,17,20)(H,18,19)/b16-7-. The fraction of sp³-hybridized carbons (Fsp3) is 0.0714. The van der Waals surface area contributed by atoms with Crippen molar-refractivity contribution >= 4 is 34.0 Å². The van der Waals surface area contributed by atoms with Crippen LogP contribution in [0.3, 0.4) is 0 Å². The Morgan fingerprint density at radius 3 is 2.59 bits per heavy atom. The average Bonchev–Trinajstić information content (AvgIpc) is 2.93. The lowest BCUT2D eigenvalue weighted by atomic mass is 10.2. The third-order valence-electron chi connectivity index (χ3n) is 2.42. The number of benzene rings is 1. The zero-order valence-electron chi connectivity index (χ0n) is 11.2. The summed E-state index contributed by atoms with van der Waals surface area (Å²) in [6.45, 7) is -0.401. The van der Waals surface area contributed by atoms with Crippen molar-refractivity contribution in [3.63, 3.8) is 0 Å². The van der Waals surface area contributed by atoms with Gasteiger partial charge in [-0.2, -0.15) is 5.10 Å². The van der Waals surface area contributed by atoms with Crippen LogP contribution in [0.4, 0.5) is 0 Å². The second kappa shape index (κ2) is 7.41. The maximum atomic E-state index is 11.6. The number of ether oxygens (including phenoxy) is 1. The van der Waals surface area contributed by atoms with Gasteiger partial charge in [-0.05, 0) is 57.9 Å². The molecule has 0 spiro atoms. The van der Waals surface area contributed by atoms with Crippen molar-refractivity contribution in [2.45, 2.75) is 0 Å². The van der Waals surface area contributed by atoms with Gasteiger partial charge in [0.1, 0.15) is 5.75 Å². The van der Waals surface area contributed by atoms with E-state index < -0.39 is 18.5 Å². The van der Waals surface area contributed by atoms with Crippen molar-refractivity contribution in [3.05, 3.63) is 52.4 Å². The third-order valence-corrected chi connectivity index (χ3v) is 2.85. The lowest BCUT2D eigenvalue weighted by Gasteiger charge is -2.02. The topological polar surface area (TPSA) is 101 Å². The minimum Gasteiger partial charge on any atom is -0.482 e. The Bertz CT molecular complexity index is 694. The third kappa shape index (κ3) is 4.74. The van der Waals surface area contributed by atoms with Gasteiger partial charge in [0.15, 0.2) is 17.0 Å². The Morgan fingerprint density at radius 1 is 1.27 bits per heavy atom. The zero-order valence-corrected chi connectivity index (χ0v) is 12.7. The van der Waals surface area contributed by atoms with Gasteiger partial charge in [0.25, 0.3) is 0 Å². The Kier molecular flexibility index (Phi) is 5.31. The molecule has 0 saturated heterocycles. The maximum Gasteiger partial charge on any atom is 0.341 e. The van der Waals surface area contributed by atoms with Crippen LogP contribution in [0, 0.1) is 0 Å². The second-order valence-corrected chi connectivity index (χ2v) is 4.84. The van der Waals surface area contributed by atoms with Crippen LogP contribution >= 0.6 is 15.9 Å². The van der Waals surface area contributed by atoms with Crippen molar-refractivity contribution in [1.82, 2.24) is 5.43 Å². The van der Waals surface area contributed by atoms with E-state index in [0.29, 0.717) is 16.0 Å². The molecule has 0 aliphatic heterocycles. The van der Waals surface area contributed by atoms with Gasteiger partial charge in [-0.3, -0.25) is 4.79 Å². The predicted molar refractivity (Wildman–Crippen MR) is 81.0 cm³/mol. The summed E-state index contributed by atoms with van der Waals surface area (Å²) in [5.74, 6) is -0.938. The summed E-state index contributed by atoms with van der Waals surface area (Å²) >= 11 is 3.10. The van der Waals surface area contributed by atoms with Gasteiger partial charge in [-0.25, -0.2) is 10.2 Å². The average molecular weight is 367 g/mol. The molecule has 1 amide bonds. The number of hydrazone groups is 1. The minimum absolute atomic E-state index is 0.140. The molecule has 7 nitrogen and oxygen atoms in total. The van der Waals surface area contributed by atoms with Crippen LogP contribution in [0.2, 0.25) is 0 Å². The molecule has 0 atom stereocenters. The van der Waals surface area contributed by atoms with Crippen molar-refractivity contribution in [3.8, 4) is 5.75 Å². The fourth-order valence-electron chi connectivity index (χ4n) is 1.45. The molecule has 0 aliphatic rings. The number of nitrogens with zero attached hydrogens (tertiary/aromatic N) is 1. The molecule has 0 saturated carbocycles. The highest BCUT2D eigenvalue weighted by molar-refractivity contribution is 9.10. The number of hydrogen-bond acceptors (Lipinski definition) is 5. The number of hydrogen-bond donors (Lipinski definition) is 2. The number of nitrogens with one attached hydrogen (secondary N) is 1. The van der Waals surface area contributed by atoms with Gasteiger partial charge in [0, 0.05) is 0 Å². The first-order valence-electron chi connectivity index (χ1n) is 6.08. The largest absolute Gasteiger partial charge is 0.482 e. The number of halogens is 1. The molecule has 0 unspecified atom stereocenters. The molecule has 114 valence electrons. The summed E-state index contributed by atoms with van der Waals surface area (Å²) in [4.78, 5) is 22.0. The molecule has 1 aromatic heterocycles. The summed E-state index contributed by atoms with van der Waals surface area (Å²) < 4.78 is 10.5. The van der Waals surface area contributed by atoms with Crippen LogP contribution in [-0.4, -0.2) is 29.8 Å². The number of aliphatic carboxylic acids is 1. The summed E-state index contributed by atoms with van der Waals surface area (Å²) in [6.07, 6.45) is 1.44. The van der Waals surface area contributed by atoms with E-state index in [1.807, 2.05) is 0 Å². The van der Waals surface area contributed by atoms with E-state index >= 15 is 0 Å². The summed E-state index contributed by atoms with van der Waals surface area (Å²) in [5.41, 5.74) is 3.03. The highest BCUT2D eigenvalue weighted by atomic mass is 79.9. The molecule has 2 rings (SSSR count). The molecule has 0 fully saturated rings. The minimum atomic E-state index is -1.04. The van der Waals surface area contributed by atoms with E-state index in [2.05, 4.69) is 26.5 Å². The lowest BCUT2D eigenvalue weighted by molar-refractivity contribution is -0.139. The molecule has 1 heterocycles. The van der Waals surface area contributed by atoms with Crippen molar-refractivity contribution < 1.29 is 23.8 Å². The van der Waals surface area contributed by atoms with Gasteiger partial charge in [-0.15, -0.1) is 0 Å². The Labute approximate surface area is 133 Å². The zero-order chi connectivity index (χ0) is 15.9. The van der Waals surface area contributed by atoms with E-state index in [4.69, 9.17) is 14.3 Å².